The average molecular weight is 339 g/mol. The van der Waals surface area contributed by atoms with Crippen molar-refractivity contribution in [2.75, 3.05) is 0 Å². The molecule has 0 amide bonds. The highest BCUT2D eigenvalue weighted by Crippen LogP contribution is 2.22. The fraction of sp³-hybridized carbons (Fsp3) is 0.500. The van der Waals surface area contributed by atoms with Crippen LogP contribution in [0.2, 0.25) is 0 Å². The summed E-state index contributed by atoms with van der Waals surface area (Å²) in [5.74, 6) is 0.836. The Hall–Kier alpha value is -1.76. The van der Waals surface area contributed by atoms with Crippen LogP contribution in [0, 0.1) is 0 Å². The maximum absolute atomic E-state index is 9.38. The van der Waals surface area contributed by atoms with Crippen LogP contribution >= 0.6 is 0 Å². The van der Waals surface area contributed by atoms with Crippen molar-refractivity contribution < 1.29 is 5.11 Å². The Morgan fingerprint density at radius 3 is 1.92 bits per heavy atom. The standard InChI is InChI=1S/C24H34O/c1-3-4-5-6-7-8-9-10-21-11-15-23(16-12-21)20(2)19-22-13-17-24(25)18-14-22/h11-18,20,25H,3-10,19H2,1-2H3. The predicted molar refractivity (Wildman–Crippen MR) is 108 cm³/mol. The quantitative estimate of drug-likeness (QED) is 0.436. The predicted octanol–water partition coefficient (Wildman–Crippen LogP) is 7.03. The van der Waals surface area contributed by atoms with Crippen LogP contribution in [-0.2, 0) is 12.8 Å². The zero-order valence-electron chi connectivity index (χ0n) is 16.0. The van der Waals surface area contributed by atoms with Crippen molar-refractivity contribution in [3.8, 4) is 5.75 Å². The normalized spacial score (nSPS) is 12.2. The van der Waals surface area contributed by atoms with Crippen LogP contribution in [0.5, 0.6) is 5.75 Å². The number of benzene rings is 2. The van der Waals surface area contributed by atoms with Crippen LogP contribution < -0.4 is 0 Å². The van der Waals surface area contributed by atoms with Gasteiger partial charge in [-0.2, -0.15) is 0 Å². The number of rotatable bonds is 11. The van der Waals surface area contributed by atoms with Crippen molar-refractivity contribution in [2.45, 2.75) is 77.6 Å². The van der Waals surface area contributed by atoms with E-state index in [2.05, 4.69) is 38.1 Å². The van der Waals surface area contributed by atoms with Gasteiger partial charge in [0.1, 0.15) is 5.75 Å². The molecular weight excluding hydrogens is 304 g/mol. The van der Waals surface area contributed by atoms with Gasteiger partial charge in [-0.15, -0.1) is 0 Å². The van der Waals surface area contributed by atoms with Gasteiger partial charge in [0.25, 0.3) is 0 Å². The third kappa shape index (κ3) is 7.34. The van der Waals surface area contributed by atoms with E-state index >= 15 is 0 Å². The zero-order chi connectivity index (χ0) is 17.9. The van der Waals surface area contributed by atoms with E-state index in [1.807, 2.05) is 12.1 Å². The smallest absolute Gasteiger partial charge is 0.115 e. The molecule has 0 saturated carbocycles. The van der Waals surface area contributed by atoms with Crippen molar-refractivity contribution in [3.05, 3.63) is 65.2 Å². The number of unbranched alkanes of at least 4 members (excludes halogenated alkanes) is 6. The summed E-state index contributed by atoms with van der Waals surface area (Å²) in [4.78, 5) is 0. The number of hydrogen-bond donors (Lipinski definition) is 1. The minimum atomic E-state index is 0.339. The SMILES string of the molecule is CCCCCCCCCc1ccc(C(C)Cc2ccc(O)cc2)cc1. The van der Waals surface area contributed by atoms with E-state index in [1.54, 1.807) is 12.1 Å². The van der Waals surface area contributed by atoms with Crippen LogP contribution in [0.3, 0.4) is 0 Å². The molecule has 1 heteroatoms. The van der Waals surface area contributed by atoms with Gasteiger partial charge in [0.15, 0.2) is 0 Å². The van der Waals surface area contributed by atoms with Crippen molar-refractivity contribution in [3.63, 3.8) is 0 Å². The highest BCUT2D eigenvalue weighted by Gasteiger charge is 2.07. The lowest BCUT2D eigenvalue weighted by Crippen LogP contribution is -1.98. The van der Waals surface area contributed by atoms with E-state index in [0.717, 1.165) is 6.42 Å². The summed E-state index contributed by atoms with van der Waals surface area (Å²) in [5, 5.41) is 9.38. The molecule has 0 aliphatic carbocycles. The minimum Gasteiger partial charge on any atom is -0.508 e. The van der Waals surface area contributed by atoms with E-state index in [9.17, 15) is 5.11 Å². The molecule has 2 aromatic rings. The molecule has 0 spiro atoms. The first-order valence-electron chi connectivity index (χ1n) is 10.1. The molecule has 0 fully saturated rings. The average Bonchev–Trinajstić information content (AvgIpc) is 2.63. The van der Waals surface area contributed by atoms with Crippen LogP contribution in [0.25, 0.3) is 0 Å². The van der Waals surface area contributed by atoms with Gasteiger partial charge in [-0.3, -0.25) is 0 Å². The molecule has 25 heavy (non-hydrogen) atoms. The molecule has 0 heterocycles. The number of hydrogen-bond acceptors (Lipinski definition) is 1. The zero-order valence-corrected chi connectivity index (χ0v) is 16.0. The Labute approximate surface area is 154 Å². The minimum absolute atomic E-state index is 0.339. The second-order valence-electron chi connectivity index (χ2n) is 7.38. The van der Waals surface area contributed by atoms with Crippen LogP contribution in [0.4, 0.5) is 0 Å². The van der Waals surface area contributed by atoms with E-state index in [0.29, 0.717) is 11.7 Å². The number of aromatic hydroxyl groups is 1. The molecule has 2 aromatic carbocycles. The topological polar surface area (TPSA) is 20.2 Å². The molecule has 1 unspecified atom stereocenters. The van der Waals surface area contributed by atoms with Crippen molar-refractivity contribution >= 4 is 0 Å². The molecule has 0 aliphatic rings. The number of phenols is 1. The summed E-state index contributed by atoms with van der Waals surface area (Å²) in [5.41, 5.74) is 4.14. The summed E-state index contributed by atoms with van der Waals surface area (Å²) in [6, 6.07) is 16.8. The molecular formula is C24H34O. The molecule has 1 nitrogen and oxygen atoms in total. The fourth-order valence-electron chi connectivity index (χ4n) is 3.40. The molecule has 0 saturated heterocycles. The van der Waals surface area contributed by atoms with Crippen molar-refractivity contribution in [1.29, 1.82) is 0 Å². The van der Waals surface area contributed by atoms with Crippen LogP contribution in [0.1, 0.15) is 81.4 Å². The molecule has 0 radical (unpaired) electrons. The van der Waals surface area contributed by atoms with Gasteiger partial charge < -0.3 is 5.11 Å². The third-order valence-corrected chi connectivity index (χ3v) is 5.10. The summed E-state index contributed by atoms with van der Waals surface area (Å²) < 4.78 is 0. The Morgan fingerprint density at radius 2 is 1.28 bits per heavy atom. The van der Waals surface area contributed by atoms with Gasteiger partial charge >= 0.3 is 0 Å². The Bertz CT molecular complexity index is 582. The van der Waals surface area contributed by atoms with Crippen LogP contribution in [-0.4, -0.2) is 5.11 Å². The van der Waals surface area contributed by atoms with Gasteiger partial charge in [-0.05, 0) is 54.0 Å². The Balaban J connectivity index is 1.72. The maximum Gasteiger partial charge on any atom is 0.115 e. The second-order valence-corrected chi connectivity index (χ2v) is 7.38. The summed E-state index contributed by atoms with van der Waals surface area (Å²) in [7, 11) is 0. The van der Waals surface area contributed by atoms with Gasteiger partial charge in [0.2, 0.25) is 0 Å². The Morgan fingerprint density at radius 1 is 0.720 bits per heavy atom. The molecule has 1 N–H and O–H groups in total. The van der Waals surface area contributed by atoms with Crippen molar-refractivity contribution in [2.24, 2.45) is 0 Å². The first-order valence-corrected chi connectivity index (χ1v) is 10.1. The van der Waals surface area contributed by atoms with Gasteiger partial charge in [0.05, 0.1) is 0 Å². The summed E-state index contributed by atoms with van der Waals surface area (Å²) in [6.45, 7) is 4.55. The fourth-order valence-corrected chi connectivity index (χ4v) is 3.40. The second kappa shape index (κ2) is 11.0. The Kier molecular flexibility index (Phi) is 8.59. The first-order chi connectivity index (χ1) is 12.2. The number of aryl methyl sites for hydroxylation is 1. The van der Waals surface area contributed by atoms with E-state index in [4.69, 9.17) is 0 Å². The van der Waals surface area contributed by atoms with E-state index in [1.165, 1.54) is 68.1 Å². The third-order valence-electron chi connectivity index (χ3n) is 5.10. The highest BCUT2D eigenvalue weighted by atomic mass is 16.3. The molecule has 0 bridgehead atoms. The lowest BCUT2D eigenvalue weighted by molar-refractivity contribution is 0.475. The molecule has 1 atom stereocenters. The first kappa shape index (κ1) is 19.6. The maximum atomic E-state index is 9.38. The summed E-state index contributed by atoms with van der Waals surface area (Å²) in [6.07, 6.45) is 11.8. The lowest BCUT2D eigenvalue weighted by atomic mass is 9.92. The largest absolute Gasteiger partial charge is 0.508 e. The molecule has 0 aliphatic heterocycles. The monoisotopic (exact) mass is 338 g/mol. The molecule has 0 aromatic heterocycles. The van der Waals surface area contributed by atoms with Gasteiger partial charge in [0, 0.05) is 0 Å². The van der Waals surface area contributed by atoms with E-state index < -0.39 is 0 Å². The summed E-state index contributed by atoms with van der Waals surface area (Å²) >= 11 is 0. The van der Waals surface area contributed by atoms with Gasteiger partial charge in [-0.25, -0.2) is 0 Å². The van der Waals surface area contributed by atoms with Crippen molar-refractivity contribution in [1.82, 2.24) is 0 Å². The molecule has 136 valence electrons. The lowest BCUT2D eigenvalue weighted by Gasteiger charge is -2.13. The highest BCUT2D eigenvalue weighted by molar-refractivity contribution is 5.30. The van der Waals surface area contributed by atoms with E-state index in [-0.39, 0.29) is 0 Å². The van der Waals surface area contributed by atoms with Crippen LogP contribution in [0.15, 0.2) is 48.5 Å². The van der Waals surface area contributed by atoms with Gasteiger partial charge in [-0.1, -0.05) is 88.8 Å². The molecule has 2 rings (SSSR count). The number of phenolic OH excluding ortho intramolecular Hbond substituents is 1.